The normalized spacial score (nSPS) is 10.8. The molecule has 0 aliphatic rings. The molecular formula is C25H37N2O2+. The van der Waals surface area contributed by atoms with Gasteiger partial charge >= 0.3 is 6.09 Å². The highest BCUT2D eigenvalue weighted by Gasteiger charge is 2.16. The van der Waals surface area contributed by atoms with Gasteiger partial charge < -0.3 is 4.74 Å². The van der Waals surface area contributed by atoms with E-state index < -0.39 is 0 Å². The van der Waals surface area contributed by atoms with Gasteiger partial charge in [0, 0.05) is 24.0 Å². The fraction of sp³-hybridized carbons (Fsp3) is 0.560. The van der Waals surface area contributed by atoms with E-state index in [1.165, 1.54) is 68.8 Å². The summed E-state index contributed by atoms with van der Waals surface area (Å²) in [4.78, 5) is 16.3. The molecule has 0 radical (unpaired) electrons. The summed E-state index contributed by atoms with van der Waals surface area (Å²) in [6, 6.07) is 7.69. The van der Waals surface area contributed by atoms with E-state index in [1.54, 1.807) is 24.8 Å². The molecule has 0 spiro atoms. The maximum Gasteiger partial charge on any atom is 0.601 e. The van der Waals surface area contributed by atoms with E-state index in [-0.39, 0.29) is 6.09 Å². The highest BCUT2D eigenvalue weighted by Crippen LogP contribution is 2.15. The summed E-state index contributed by atoms with van der Waals surface area (Å²) >= 11 is 0. The van der Waals surface area contributed by atoms with Crippen LogP contribution in [-0.2, 0) is 4.74 Å². The van der Waals surface area contributed by atoms with Gasteiger partial charge in [-0.15, -0.1) is 0 Å². The Labute approximate surface area is 176 Å². The van der Waals surface area contributed by atoms with Crippen LogP contribution in [0.3, 0.4) is 0 Å². The molecule has 0 aromatic carbocycles. The second kappa shape index (κ2) is 14.7. The van der Waals surface area contributed by atoms with Crippen LogP contribution in [0.15, 0.2) is 49.1 Å². The zero-order chi connectivity index (χ0) is 20.6. The van der Waals surface area contributed by atoms with Crippen LogP contribution < -0.4 is 4.57 Å². The first-order chi connectivity index (χ1) is 14.3. The van der Waals surface area contributed by atoms with Gasteiger partial charge in [-0.3, -0.25) is 4.98 Å². The van der Waals surface area contributed by atoms with E-state index in [2.05, 4.69) is 11.9 Å². The van der Waals surface area contributed by atoms with Crippen molar-refractivity contribution in [3.05, 3.63) is 49.1 Å². The Morgan fingerprint density at radius 3 is 2.03 bits per heavy atom. The van der Waals surface area contributed by atoms with Crippen molar-refractivity contribution in [2.24, 2.45) is 0 Å². The Hall–Kier alpha value is -2.23. The summed E-state index contributed by atoms with van der Waals surface area (Å²) in [5.74, 6) is 0. The zero-order valence-electron chi connectivity index (χ0n) is 18.0. The number of hydrogen-bond acceptors (Lipinski definition) is 3. The van der Waals surface area contributed by atoms with Crippen LogP contribution in [0.4, 0.5) is 4.79 Å². The smallest absolute Gasteiger partial charge is 0.412 e. The molecule has 29 heavy (non-hydrogen) atoms. The van der Waals surface area contributed by atoms with Crippen molar-refractivity contribution in [1.82, 2.24) is 4.98 Å². The van der Waals surface area contributed by atoms with Gasteiger partial charge in [-0.05, 0) is 30.2 Å². The van der Waals surface area contributed by atoms with Crippen LogP contribution in [-0.4, -0.2) is 17.7 Å². The van der Waals surface area contributed by atoms with E-state index in [1.807, 2.05) is 24.3 Å². The van der Waals surface area contributed by atoms with Crippen LogP contribution in [0.25, 0.3) is 11.1 Å². The van der Waals surface area contributed by atoms with Crippen LogP contribution in [0.2, 0.25) is 0 Å². The highest BCUT2D eigenvalue weighted by molar-refractivity contribution is 5.62. The minimum absolute atomic E-state index is 0.316. The molecule has 0 aliphatic heterocycles. The predicted octanol–water partition coefficient (Wildman–Crippen LogP) is 6.72. The van der Waals surface area contributed by atoms with E-state index in [4.69, 9.17) is 4.74 Å². The fourth-order valence-corrected chi connectivity index (χ4v) is 3.48. The lowest BCUT2D eigenvalue weighted by molar-refractivity contribution is -0.585. The third kappa shape index (κ3) is 9.69. The maximum absolute atomic E-state index is 12.3. The van der Waals surface area contributed by atoms with Gasteiger partial charge in [-0.2, -0.15) is 4.79 Å². The monoisotopic (exact) mass is 397 g/mol. The Bertz CT molecular complexity index is 688. The van der Waals surface area contributed by atoms with Crippen molar-refractivity contribution in [3.63, 3.8) is 0 Å². The van der Waals surface area contributed by atoms with Crippen LogP contribution in [0.5, 0.6) is 0 Å². The summed E-state index contributed by atoms with van der Waals surface area (Å²) in [6.07, 6.45) is 22.3. The van der Waals surface area contributed by atoms with Crippen LogP contribution in [0, 0.1) is 0 Å². The first-order valence-corrected chi connectivity index (χ1v) is 11.4. The molecule has 2 aromatic heterocycles. The summed E-state index contributed by atoms with van der Waals surface area (Å²) in [7, 11) is 0. The Kier molecular flexibility index (Phi) is 11.7. The van der Waals surface area contributed by atoms with Crippen molar-refractivity contribution in [2.75, 3.05) is 6.61 Å². The molecule has 0 unspecified atom stereocenters. The molecular weight excluding hydrogens is 360 g/mol. The number of carbonyl (C=O) groups excluding carboxylic acids is 1. The average Bonchev–Trinajstić information content (AvgIpc) is 2.77. The van der Waals surface area contributed by atoms with E-state index in [9.17, 15) is 4.79 Å². The molecule has 0 amide bonds. The Balaban J connectivity index is 1.52. The van der Waals surface area contributed by atoms with Crippen molar-refractivity contribution in [2.45, 2.75) is 84.0 Å². The minimum Gasteiger partial charge on any atom is -0.412 e. The largest absolute Gasteiger partial charge is 0.601 e. The van der Waals surface area contributed by atoms with Crippen LogP contribution >= 0.6 is 0 Å². The predicted molar refractivity (Wildman–Crippen MR) is 118 cm³/mol. The first-order valence-electron chi connectivity index (χ1n) is 11.4. The van der Waals surface area contributed by atoms with Gasteiger partial charge in [0.2, 0.25) is 0 Å². The third-order valence-electron chi connectivity index (χ3n) is 5.25. The molecule has 0 saturated carbocycles. The minimum atomic E-state index is -0.316. The lowest BCUT2D eigenvalue weighted by Gasteiger charge is -2.03. The van der Waals surface area contributed by atoms with Crippen molar-refractivity contribution in [1.29, 1.82) is 0 Å². The van der Waals surface area contributed by atoms with Gasteiger partial charge in [-0.1, -0.05) is 82.1 Å². The number of rotatable bonds is 14. The molecule has 2 heterocycles. The SMILES string of the molecule is CCCCCCCCCCCCCCOC(=O)[n+]1cccc(-c2ccncc2)c1. The molecule has 2 aromatic rings. The van der Waals surface area contributed by atoms with Crippen molar-refractivity contribution >= 4 is 6.09 Å². The molecule has 0 atom stereocenters. The van der Waals surface area contributed by atoms with Crippen molar-refractivity contribution in [3.8, 4) is 11.1 Å². The second-order valence-electron chi connectivity index (χ2n) is 7.74. The number of nitrogens with zero attached hydrogens (tertiary/aromatic N) is 2. The summed E-state index contributed by atoms with van der Waals surface area (Å²) in [5, 5.41) is 0. The molecule has 158 valence electrons. The van der Waals surface area contributed by atoms with Crippen molar-refractivity contribution < 1.29 is 14.1 Å². The number of aromatic nitrogens is 2. The number of ether oxygens (including phenoxy) is 1. The highest BCUT2D eigenvalue weighted by atomic mass is 16.5. The topological polar surface area (TPSA) is 43.1 Å². The van der Waals surface area contributed by atoms with Gasteiger partial charge in [0.15, 0.2) is 12.4 Å². The van der Waals surface area contributed by atoms with E-state index >= 15 is 0 Å². The van der Waals surface area contributed by atoms with E-state index in [0.717, 1.165) is 24.0 Å². The Morgan fingerprint density at radius 2 is 1.41 bits per heavy atom. The molecule has 4 nitrogen and oxygen atoms in total. The quantitative estimate of drug-likeness (QED) is 0.262. The summed E-state index contributed by atoms with van der Waals surface area (Å²) in [5.41, 5.74) is 2.00. The number of unbranched alkanes of at least 4 members (excludes halogenated alkanes) is 11. The van der Waals surface area contributed by atoms with Gasteiger partial charge in [0.25, 0.3) is 0 Å². The standard InChI is InChI=1S/C25H37N2O2/c1-2-3-4-5-6-7-8-9-10-11-12-13-21-29-25(28)27-20-14-15-24(22-27)23-16-18-26-19-17-23/h14-20,22H,2-13,21H2,1H3/q+1. The first kappa shape index (κ1) is 23.1. The van der Waals surface area contributed by atoms with Gasteiger partial charge in [0.1, 0.15) is 0 Å². The maximum atomic E-state index is 12.3. The number of carbonyl (C=O) groups is 1. The van der Waals surface area contributed by atoms with E-state index in [0.29, 0.717) is 6.61 Å². The molecule has 0 aliphatic carbocycles. The molecule has 4 heteroatoms. The molecule has 0 saturated heterocycles. The fourth-order valence-electron chi connectivity index (χ4n) is 3.48. The molecule has 0 N–H and O–H groups in total. The lowest BCUT2D eigenvalue weighted by Crippen LogP contribution is -2.42. The number of pyridine rings is 2. The third-order valence-corrected chi connectivity index (χ3v) is 5.25. The molecule has 2 rings (SSSR count). The summed E-state index contributed by atoms with van der Waals surface area (Å²) < 4.78 is 6.93. The average molecular weight is 398 g/mol. The van der Waals surface area contributed by atoms with Gasteiger partial charge in [0.05, 0.1) is 6.61 Å². The second-order valence-corrected chi connectivity index (χ2v) is 7.74. The van der Waals surface area contributed by atoms with Crippen LogP contribution in [0.1, 0.15) is 84.0 Å². The lowest BCUT2D eigenvalue weighted by atomic mass is 10.1. The number of hydrogen-bond donors (Lipinski definition) is 0. The Morgan fingerprint density at radius 1 is 0.828 bits per heavy atom. The molecule has 0 fully saturated rings. The van der Waals surface area contributed by atoms with Gasteiger partial charge in [-0.25, -0.2) is 0 Å². The zero-order valence-corrected chi connectivity index (χ0v) is 18.0. The molecule has 0 bridgehead atoms. The summed E-state index contributed by atoms with van der Waals surface area (Å²) in [6.45, 7) is 2.75.